The van der Waals surface area contributed by atoms with Gasteiger partial charge in [-0.2, -0.15) is 0 Å². The number of nitrogens with one attached hydrogen (secondary N) is 2. The van der Waals surface area contributed by atoms with Crippen LogP contribution in [0.4, 0.5) is 0 Å². The number of hydrogen-bond donors (Lipinski definition) is 2. The number of carbonyl (C=O) groups excluding carboxylic acids is 1. The molecule has 1 rings (SSSR count). The molecule has 0 bridgehead atoms. The van der Waals surface area contributed by atoms with E-state index in [0.717, 1.165) is 6.54 Å². The van der Waals surface area contributed by atoms with E-state index in [9.17, 15) is 4.79 Å². The number of rotatable bonds is 9. The standard InChI is InChI=1S/C12H24N2O3/c1-16-8-7-14-12(15)10-13-6-9-17-11-4-2-3-5-11/h11,13H,2-10H2,1H3,(H,14,15). The molecule has 1 aliphatic rings. The predicted molar refractivity (Wildman–Crippen MR) is 66.0 cm³/mol. The van der Waals surface area contributed by atoms with Crippen molar-refractivity contribution in [1.29, 1.82) is 0 Å². The average molecular weight is 244 g/mol. The molecule has 1 fully saturated rings. The van der Waals surface area contributed by atoms with Gasteiger partial charge in [0.2, 0.25) is 5.91 Å². The van der Waals surface area contributed by atoms with E-state index in [4.69, 9.17) is 9.47 Å². The van der Waals surface area contributed by atoms with E-state index in [2.05, 4.69) is 10.6 Å². The van der Waals surface area contributed by atoms with Gasteiger partial charge in [-0.3, -0.25) is 4.79 Å². The Morgan fingerprint density at radius 1 is 1.24 bits per heavy atom. The third-order valence-electron chi connectivity index (χ3n) is 2.85. The largest absolute Gasteiger partial charge is 0.383 e. The maximum Gasteiger partial charge on any atom is 0.234 e. The maximum atomic E-state index is 11.3. The summed E-state index contributed by atoms with van der Waals surface area (Å²) in [4.78, 5) is 11.3. The molecular formula is C12H24N2O3. The van der Waals surface area contributed by atoms with Crippen molar-refractivity contribution in [2.45, 2.75) is 31.8 Å². The van der Waals surface area contributed by atoms with Crippen LogP contribution in [0.5, 0.6) is 0 Å². The molecule has 1 saturated carbocycles. The minimum absolute atomic E-state index is 0.00270. The van der Waals surface area contributed by atoms with Gasteiger partial charge in [0.1, 0.15) is 0 Å². The second-order valence-corrected chi connectivity index (χ2v) is 4.30. The zero-order valence-corrected chi connectivity index (χ0v) is 10.7. The van der Waals surface area contributed by atoms with Gasteiger partial charge in [-0.15, -0.1) is 0 Å². The summed E-state index contributed by atoms with van der Waals surface area (Å²) in [7, 11) is 1.62. The highest BCUT2D eigenvalue weighted by Gasteiger charge is 2.14. The van der Waals surface area contributed by atoms with Crippen LogP contribution < -0.4 is 10.6 Å². The van der Waals surface area contributed by atoms with E-state index in [0.29, 0.717) is 32.4 Å². The fourth-order valence-corrected chi connectivity index (χ4v) is 1.91. The fourth-order valence-electron chi connectivity index (χ4n) is 1.91. The van der Waals surface area contributed by atoms with Gasteiger partial charge in [0.05, 0.1) is 25.9 Å². The molecule has 0 atom stereocenters. The summed E-state index contributed by atoms with van der Waals surface area (Å²) in [5.41, 5.74) is 0. The Morgan fingerprint density at radius 2 is 2.00 bits per heavy atom. The lowest BCUT2D eigenvalue weighted by atomic mass is 10.3. The number of carbonyl (C=O) groups is 1. The normalized spacial score (nSPS) is 16.3. The Hall–Kier alpha value is -0.650. The van der Waals surface area contributed by atoms with Crippen LogP contribution in [0.2, 0.25) is 0 Å². The molecule has 17 heavy (non-hydrogen) atoms. The minimum Gasteiger partial charge on any atom is -0.383 e. The Kier molecular flexibility index (Phi) is 7.96. The molecule has 0 radical (unpaired) electrons. The van der Waals surface area contributed by atoms with Gasteiger partial charge in [-0.25, -0.2) is 0 Å². The summed E-state index contributed by atoms with van der Waals surface area (Å²) in [6.45, 7) is 2.88. The highest BCUT2D eigenvalue weighted by molar-refractivity contribution is 5.77. The molecule has 0 spiro atoms. The molecule has 0 aromatic carbocycles. The first kappa shape index (κ1) is 14.4. The van der Waals surface area contributed by atoms with E-state index < -0.39 is 0 Å². The molecule has 0 saturated heterocycles. The number of methoxy groups -OCH3 is 1. The van der Waals surface area contributed by atoms with Crippen LogP contribution in [0.3, 0.4) is 0 Å². The van der Waals surface area contributed by atoms with Crippen molar-refractivity contribution in [1.82, 2.24) is 10.6 Å². The second kappa shape index (κ2) is 9.39. The molecule has 2 N–H and O–H groups in total. The second-order valence-electron chi connectivity index (χ2n) is 4.30. The van der Waals surface area contributed by atoms with E-state index in [1.165, 1.54) is 25.7 Å². The van der Waals surface area contributed by atoms with Crippen LogP contribution in [0.1, 0.15) is 25.7 Å². The molecule has 0 heterocycles. The monoisotopic (exact) mass is 244 g/mol. The van der Waals surface area contributed by atoms with Gasteiger partial charge in [0, 0.05) is 20.2 Å². The topological polar surface area (TPSA) is 59.6 Å². The van der Waals surface area contributed by atoms with Gasteiger partial charge >= 0.3 is 0 Å². The van der Waals surface area contributed by atoms with Gasteiger partial charge in [0.15, 0.2) is 0 Å². The van der Waals surface area contributed by atoms with Crippen molar-refractivity contribution in [3.8, 4) is 0 Å². The van der Waals surface area contributed by atoms with Crippen molar-refractivity contribution in [3.63, 3.8) is 0 Å². The average Bonchev–Trinajstić information content (AvgIpc) is 2.82. The zero-order chi connectivity index (χ0) is 12.3. The minimum atomic E-state index is 0.00270. The SMILES string of the molecule is COCCNC(=O)CNCCOC1CCCC1. The quantitative estimate of drug-likeness (QED) is 0.573. The molecule has 1 amide bonds. The molecule has 0 aromatic rings. The first-order chi connectivity index (χ1) is 8.33. The van der Waals surface area contributed by atoms with Crippen LogP contribution >= 0.6 is 0 Å². The predicted octanol–water partition coefficient (Wildman–Crippen LogP) is 0.298. The summed E-state index contributed by atoms with van der Waals surface area (Å²) < 4.78 is 10.5. The molecule has 1 aliphatic carbocycles. The lowest BCUT2D eigenvalue weighted by molar-refractivity contribution is -0.120. The Bertz CT molecular complexity index is 206. The summed E-state index contributed by atoms with van der Waals surface area (Å²) >= 11 is 0. The number of amides is 1. The lowest BCUT2D eigenvalue weighted by Gasteiger charge is -2.11. The maximum absolute atomic E-state index is 11.3. The number of ether oxygens (including phenoxy) is 2. The smallest absolute Gasteiger partial charge is 0.234 e. The van der Waals surface area contributed by atoms with Gasteiger partial charge in [0.25, 0.3) is 0 Å². The van der Waals surface area contributed by atoms with Crippen LogP contribution in [0.15, 0.2) is 0 Å². The molecule has 0 aliphatic heterocycles. The molecule has 5 nitrogen and oxygen atoms in total. The van der Waals surface area contributed by atoms with Crippen LogP contribution in [0.25, 0.3) is 0 Å². The first-order valence-electron chi connectivity index (χ1n) is 6.41. The van der Waals surface area contributed by atoms with Crippen molar-refractivity contribution >= 4 is 5.91 Å². The van der Waals surface area contributed by atoms with E-state index >= 15 is 0 Å². The summed E-state index contributed by atoms with van der Waals surface area (Å²) in [6, 6.07) is 0. The molecular weight excluding hydrogens is 220 g/mol. The first-order valence-corrected chi connectivity index (χ1v) is 6.41. The third-order valence-corrected chi connectivity index (χ3v) is 2.85. The highest BCUT2D eigenvalue weighted by Crippen LogP contribution is 2.20. The summed E-state index contributed by atoms with van der Waals surface area (Å²) in [5, 5.41) is 5.81. The molecule has 100 valence electrons. The zero-order valence-electron chi connectivity index (χ0n) is 10.7. The van der Waals surface area contributed by atoms with Crippen LogP contribution in [-0.2, 0) is 14.3 Å². The fraction of sp³-hybridized carbons (Fsp3) is 0.917. The van der Waals surface area contributed by atoms with Gasteiger partial charge in [-0.1, -0.05) is 12.8 Å². The summed E-state index contributed by atoms with van der Waals surface area (Å²) in [6.07, 6.45) is 5.42. The molecule has 5 heteroatoms. The van der Waals surface area contributed by atoms with Crippen molar-refractivity contribution < 1.29 is 14.3 Å². The Balaban J connectivity index is 1.84. The van der Waals surface area contributed by atoms with Crippen molar-refractivity contribution in [2.24, 2.45) is 0 Å². The van der Waals surface area contributed by atoms with Crippen molar-refractivity contribution in [3.05, 3.63) is 0 Å². The van der Waals surface area contributed by atoms with E-state index in [1.807, 2.05) is 0 Å². The van der Waals surface area contributed by atoms with E-state index in [-0.39, 0.29) is 5.91 Å². The highest BCUT2D eigenvalue weighted by atomic mass is 16.5. The molecule has 0 unspecified atom stereocenters. The van der Waals surface area contributed by atoms with Gasteiger partial charge < -0.3 is 20.1 Å². The van der Waals surface area contributed by atoms with Gasteiger partial charge in [-0.05, 0) is 12.8 Å². The van der Waals surface area contributed by atoms with Crippen LogP contribution in [-0.4, -0.2) is 52.0 Å². The Morgan fingerprint density at radius 3 is 2.71 bits per heavy atom. The van der Waals surface area contributed by atoms with E-state index in [1.54, 1.807) is 7.11 Å². The lowest BCUT2D eigenvalue weighted by Crippen LogP contribution is -2.36. The van der Waals surface area contributed by atoms with Crippen LogP contribution in [0, 0.1) is 0 Å². The summed E-state index contributed by atoms with van der Waals surface area (Å²) in [5.74, 6) is 0.00270. The molecule has 0 aromatic heterocycles. The third kappa shape index (κ3) is 7.31. The van der Waals surface area contributed by atoms with Crippen molar-refractivity contribution in [2.75, 3.05) is 40.0 Å². The Labute approximate surface area is 103 Å². The number of hydrogen-bond acceptors (Lipinski definition) is 4.